The van der Waals surface area contributed by atoms with E-state index >= 15 is 0 Å². The van der Waals surface area contributed by atoms with E-state index in [1.807, 2.05) is 32.2 Å². The highest BCUT2D eigenvalue weighted by molar-refractivity contribution is 7.89. The summed E-state index contributed by atoms with van der Waals surface area (Å²) >= 11 is 0. The van der Waals surface area contributed by atoms with Gasteiger partial charge in [0.05, 0.1) is 4.90 Å². The maximum Gasteiger partial charge on any atom is 0.251 e. The van der Waals surface area contributed by atoms with E-state index in [0.29, 0.717) is 37.3 Å². The fourth-order valence-corrected chi connectivity index (χ4v) is 5.27. The van der Waals surface area contributed by atoms with Crippen molar-refractivity contribution in [3.8, 4) is 0 Å². The fourth-order valence-electron chi connectivity index (χ4n) is 3.59. The zero-order chi connectivity index (χ0) is 21.7. The summed E-state index contributed by atoms with van der Waals surface area (Å²) in [5.41, 5.74) is 2.26. The molecule has 3 rings (SSSR count). The second-order valence-electron chi connectivity index (χ2n) is 8.09. The van der Waals surface area contributed by atoms with E-state index in [-0.39, 0.29) is 16.8 Å². The van der Waals surface area contributed by atoms with Gasteiger partial charge in [-0.15, -0.1) is 0 Å². The molecular weight excluding hydrogens is 398 g/mol. The van der Waals surface area contributed by atoms with Crippen LogP contribution in [0.2, 0.25) is 0 Å². The van der Waals surface area contributed by atoms with Gasteiger partial charge in [-0.2, -0.15) is 4.31 Å². The Morgan fingerprint density at radius 1 is 1.07 bits per heavy atom. The number of aryl methyl sites for hydroxylation is 2. The summed E-state index contributed by atoms with van der Waals surface area (Å²) in [6, 6.07) is 15.1. The van der Waals surface area contributed by atoms with Crippen LogP contribution in [-0.2, 0) is 16.4 Å². The highest BCUT2D eigenvalue weighted by Crippen LogP contribution is 2.22. The number of nitrogens with one attached hydrogen (secondary N) is 1. The largest absolute Gasteiger partial charge is 0.350 e. The Labute approximate surface area is 179 Å². The number of piperazine rings is 1. The maximum atomic E-state index is 13.1. The highest BCUT2D eigenvalue weighted by atomic mass is 32.2. The van der Waals surface area contributed by atoms with Crippen LogP contribution in [0.1, 0.15) is 34.8 Å². The molecule has 1 aliphatic rings. The molecule has 1 N–H and O–H groups in total. The fraction of sp³-hybridized carbons (Fsp3) is 0.435. The van der Waals surface area contributed by atoms with Gasteiger partial charge in [-0.25, -0.2) is 8.42 Å². The summed E-state index contributed by atoms with van der Waals surface area (Å²) in [5, 5.41) is 3.00. The zero-order valence-electron chi connectivity index (χ0n) is 18.0. The molecular formula is C23H31N3O3S. The topological polar surface area (TPSA) is 69.7 Å². The van der Waals surface area contributed by atoms with Gasteiger partial charge >= 0.3 is 0 Å². The lowest BCUT2D eigenvalue weighted by molar-refractivity contribution is 0.0938. The average molecular weight is 430 g/mol. The minimum Gasteiger partial charge on any atom is -0.350 e. The minimum absolute atomic E-state index is 0.0169. The van der Waals surface area contributed by atoms with Crippen LogP contribution in [0.4, 0.5) is 0 Å². The third-order valence-corrected chi connectivity index (χ3v) is 7.66. The summed E-state index contributed by atoms with van der Waals surface area (Å²) in [6.07, 6.45) is 1.69. The number of benzene rings is 2. The predicted molar refractivity (Wildman–Crippen MR) is 119 cm³/mol. The van der Waals surface area contributed by atoms with Crippen molar-refractivity contribution in [3.63, 3.8) is 0 Å². The van der Waals surface area contributed by atoms with E-state index < -0.39 is 10.0 Å². The second-order valence-corrected chi connectivity index (χ2v) is 9.99. The Kier molecular flexibility index (Phi) is 7.28. The van der Waals surface area contributed by atoms with Crippen LogP contribution in [0.15, 0.2) is 53.4 Å². The molecule has 1 aliphatic heterocycles. The van der Waals surface area contributed by atoms with Crippen LogP contribution in [-0.4, -0.2) is 62.8 Å². The first-order valence-corrected chi connectivity index (χ1v) is 11.9. The van der Waals surface area contributed by atoms with E-state index in [0.717, 1.165) is 12.8 Å². The molecule has 162 valence electrons. The Balaban J connectivity index is 1.68. The maximum absolute atomic E-state index is 13.1. The smallest absolute Gasteiger partial charge is 0.251 e. The van der Waals surface area contributed by atoms with Gasteiger partial charge < -0.3 is 10.2 Å². The predicted octanol–water partition coefficient (Wildman–Crippen LogP) is 2.68. The summed E-state index contributed by atoms with van der Waals surface area (Å²) in [4.78, 5) is 15.1. The first-order chi connectivity index (χ1) is 14.3. The Morgan fingerprint density at radius 3 is 2.40 bits per heavy atom. The lowest BCUT2D eigenvalue weighted by Gasteiger charge is -2.32. The molecule has 1 fully saturated rings. The van der Waals surface area contributed by atoms with Crippen molar-refractivity contribution in [1.82, 2.24) is 14.5 Å². The Hall–Kier alpha value is -2.22. The highest BCUT2D eigenvalue weighted by Gasteiger charge is 2.29. The number of rotatable bonds is 7. The normalized spacial score (nSPS) is 16.9. The molecule has 1 saturated heterocycles. The third kappa shape index (κ3) is 5.47. The third-order valence-electron chi connectivity index (χ3n) is 5.62. The van der Waals surface area contributed by atoms with Crippen molar-refractivity contribution >= 4 is 15.9 Å². The van der Waals surface area contributed by atoms with E-state index in [2.05, 4.69) is 22.3 Å². The van der Waals surface area contributed by atoms with Crippen molar-refractivity contribution in [1.29, 1.82) is 0 Å². The van der Waals surface area contributed by atoms with Crippen molar-refractivity contribution < 1.29 is 13.2 Å². The van der Waals surface area contributed by atoms with Crippen LogP contribution in [0.3, 0.4) is 0 Å². The van der Waals surface area contributed by atoms with E-state index in [1.165, 1.54) is 15.9 Å². The first kappa shape index (κ1) is 22.5. The summed E-state index contributed by atoms with van der Waals surface area (Å²) < 4.78 is 27.8. The number of hydrogen-bond donors (Lipinski definition) is 1. The van der Waals surface area contributed by atoms with Gasteiger partial charge in [0.15, 0.2) is 0 Å². The minimum atomic E-state index is -3.62. The van der Waals surface area contributed by atoms with Crippen molar-refractivity contribution in [2.75, 3.05) is 33.2 Å². The van der Waals surface area contributed by atoms with Crippen molar-refractivity contribution in [2.24, 2.45) is 0 Å². The number of carbonyl (C=O) groups excluding carboxylic acids is 1. The molecule has 0 aliphatic carbocycles. The van der Waals surface area contributed by atoms with Gasteiger partial charge in [-0.05, 0) is 57.0 Å². The summed E-state index contributed by atoms with van der Waals surface area (Å²) in [6.45, 7) is 6.08. The second kappa shape index (κ2) is 9.73. The quantitative estimate of drug-likeness (QED) is 0.735. The van der Waals surface area contributed by atoms with Crippen LogP contribution >= 0.6 is 0 Å². The number of nitrogens with zero attached hydrogens (tertiary/aromatic N) is 2. The molecule has 2 aromatic rings. The molecule has 1 amide bonds. The molecule has 0 radical (unpaired) electrons. The van der Waals surface area contributed by atoms with Crippen LogP contribution in [0, 0.1) is 6.92 Å². The zero-order valence-corrected chi connectivity index (χ0v) is 18.8. The van der Waals surface area contributed by atoms with E-state index in [1.54, 1.807) is 19.1 Å². The van der Waals surface area contributed by atoms with Gasteiger partial charge in [0.25, 0.3) is 5.91 Å². The molecule has 30 heavy (non-hydrogen) atoms. The number of likely N-dealkylation sites (N-methyl/N-ethyl adjacent to an activating group) is 1. The number of amides is 1. The van der Waals surface area contributed by atoms with Gasteiger partial charge in [0, 0.05) is 37.8 Å². The summed E-state index contributed by atoms with van der Waals surface area (Å²) in [7, 11) is -1.63. The molecule has 0 unspecified atom stereocenters. The number of carbonyl (C=O) groups is 1. The Morgan fingerprint density at radius 2 is 1.73 bits per heavy atom. The van der Waals surface area contributed by atoms with Crippen molar-refractivity contribution in [2.45, 2.75) is 37.6 Å². The standard InChI is InChI=1S/C23H31N3O3S/c1-18-9-12-21(17-22(18)30(28,29)26-15-13-25(3)14-16-26)23(27)24-19(2)10-11-20-7-5-4-6-8-20/h4-9,12,17,19H,10-11,13-16H2,1-3H3,(H,24,27)/t19-/m1/s1. The summed E-state index contributed by atoms with van der Waals surface area (Å²) in [5.74, 6) is -0.245. The molecule has 6 nitrogen and oxygen atoms in total. The van der Waals surface area contributed by atoms with Crippen LogP contribution < -0.4 is 5.32 Å². The SMILES string of the molecule is Cc1ccc(C(=O)N[C@H](C)CCc2ccccc2)cc1S(=O)(=O)N1CCN(C)CC1. The van der Waals surface area contributed by atoms with E-state index in [9.17, 15) is 13.2 Å². The van der Waals surface area contributed by atoms with Gasteiger partial charge in [-0.1, -0.05) is 36.4 Å². The molecule has 7 heteroatoms. The molecule has 1 heterocycles. The monoisotopic (exact) mass is 429 g/mol. The van der Waals surface area contributed by atoms with Gasteiger partial charge in [0.2, 0.25) is 10.0 Å². The lowest BCUT2D eigenvalue weighted by atomic mass is 10.1. The van der Waals surface area contributed by atoms with Crippen LogP contribution in [0.25, 0.3) is 0 Å². The molecule has 0 aromatic heterocycles. The Bertz CT molecular complexity index is 968. The number of hydrogen-bond acceptors (Lipinski definition) is 4. The molecule has 0 bridgehead atoms. The van der Waals surface area contributed by atoms with Gasteiger partial charge in [-0.3, -0.25) is 4.79 Å². The molecule has 0 saturated carbocycles. The first-order valence-electron chi connectivity index (χ1n) is 10.4. The van der Waals surface area contributed by atoms with E-state index in [4.69, 9.17) is 0 Å². The molecule has 1 atom stereocenters. The van der Waals surface area contributed by atoms with Crippen LogP contribution in [0.5, 0.6) is 0 Å². The lowest BCUT2D eigenvalue weighted by Crippen LogP contribution is -2.47. The van der Waals surface area contributed by atoms with Gasteiger partial charge in [0.1, 0.15) is 0 Å². The van der Waals surface area contributed by atoms with Crippen molar-refractivity contribution in [3.05, 3.63) is 65.2 Å². The molecule has 0 spiro atoms. The molecule has 2 aromatic carbocycles. The number of sulfonamides is 1. The average Bonchev–Trinajstić information content (AvgIpc) is 2.73.